The molecule has 1 saturated heterocycles. The second-order valence-electron chi connectivity index (χ2n) is 7.74. The Balaban J connectivity index is 1.59. The summed E-state index contributed by atoms with van der Waals surface area (Å²) in [4.78, 5) is 0. The average molecular weight is 480 g/mol. The van der Waals surface area contributed by atoms with Gasteiger partial charge in [0.25, 0.3) is 10.2 Å². The van der Waals surface area contributed by atoms with Crippen molar-refractivity contribution in [1.82, 2.24) is 18.8 Å². The first kappa shape index (κ1) is 22.7. The van der Waals surface area contributed by atoms with Gasteiger partial charge < -0.3 is 10.4 Å². The molecule has 1 fully saturated rings. The Bertz CT molecular complexity index is 1240. The number of nitrogens with one attached hydrogen (secondary N) is 2. The lowest BCUT2D eigenvalue weighted by Crippen LogP contribution is -2.57. The highest BCUT2D eigenvalue weighted by Gasteiger charge is 2.40. The molecule has 0 saturated carbocycles. The number of aliphatic hydroxyl groups excluding tert-OH is 1. The Hall–Kier alpha value is -2.50. The summed E-state index contributed by atoms with van der Waals surface area (Å²) in [5.41, 5.74) is 2.97. The van der Waals surface area contributed by atoms with Gasteiger partial charge in [-0.15, -0.1) is 0 Å². The molecule has 1 aliphatic heterocycles. The minimum absolute atomic E-state index is 0.0985. The van der Waals surface area contributed by atoms with Crippen molar-refractivity contribution in [2.45, 2.75) is 24.7 Å². The van der Waals surface area contributed by atoms with Crippen LogP contribution in [0.1, 0.15) is 18.0 Å². The van der Waals surface area contributed by atoms with Crippen LogP contribution in [0.2, 0.25) is 5.02 Å². The van der Waals surface area contributed by atoms with Crippen LogP contribution in [-0.2, 0) is 17.3 Å². The van der Waals surface area contributed by atoms with Crippen molar-refractivity contribution in [2.75, 3.05) is 12.4 Å². The number of benzene rings is 2. The third-order valence-electron chi connectivity index (χ3n) is 5.54. The van der Waals surface area contributed by atoms with Gasteiger partial charge in [-0.05, 0) is 41.8 Å². The molecule has 2 heterocycles. The zero-order valence-electron chi connectivity index (χ0n) is 17.4. The largest absolute Gasteiger partial charge is 0.372 e. The summed E-state index contributed by atoms with van der Waals surface area (Å²) >= 11 is 5.81. The van der Waals surface area contributed by atoms with E-state index in [-0.39, 0.29) is 5.02 Å². The molecule has 0 bridgehead atoms. The molecule has 170 valence electrons. The molecule has 0 radical (unpaired) electrons. The van der Waals surface area contributed by atoms with Crippen LogP contribution in [-0.4, -0.2) is 46.9 Å². The Morgan fingerprint density at radius 3 is 2.72 bits per heavy atom. The standard InChI is InChI=1S/C21H23ClFN5O3S/c1-27-12-15(11-24-27)13-4-3-5-14(8-13)19-10-20(28(2)32(30,31)26-19)21(29)25-16-6-7-18(23)17(22)9-16/h3-9,11-12,19-21,25-26,29H,10H2,1-2H3/t19-,20+,21?/m0/s1. The number of rotatable bonds is 5. The molecule has 3 atom stereocenters. The molecular formula is C21H23ClFN5O3S. The van der Waals surface area contributed by atoms with Gasteiger partial charge in [-0.3, -0.25) is 4.68 Å². The van der Waals surface area contributed by atoms with Crippen LogP contribution in [0.3, 0.4) is 0 Å². The summed E-state index contributed by atoms with van der Waals surface area (Å²) in [7, 11) is -0.627. The molecule has 3 aromatic rings. The van der Waals surface area contributed by atoms with E-state index in [1.54, 1.807) is 10.9 Å². The van der Waals surface area contributed by atoms with Gasteiger partial charge in [0.1, 0.15) is 12.0 Å². The van der Waals surface area contributed by atoms with Crippen LogP contribution >= 0.6 is 11.6 Å². The van der Waals surface area contributed by atoms with E-state index in [0.717, 1.165) is 21.0 Å². The van der Waals surface area contributed by atoms with Crippen LogP contribution in [0.15, 0.2) is 54.9 Å². The SMILES string of the molecule is CN1[C@@H](C(O)Nc2ccc(F)c(Cl)c2)C[C@@H](c2cccc(-c3cnn(C)c3)c2)NS1(=O)=O. The maximum absolute atomic E-state index is 13.4. The summed E-state index contributed by atoms with van der Waals surface area (Å²) in [6.07, 6.45) is 2.67. The molecule has 11 heteroatoms. The first-order valence-corrected chi connectivity index (χ1v) is 11.7. The normalized spacial score (nSPS) is 21.9. The molecule has 0 aliphatic carbocycles. The molecule has 3 N–H and O–H groups in total. The smallest absolute Gasteiger partial charge is 0.280 e. The van der Waals surface area contributed by atoms with Gasteiger partial charge in [0.15, 0.2) is 0 Å². The van der Waals surface area contributed by atoms with Crippen molar-refractivity contribution in [3.05, 3.63) is 71.3 Å². The van der Waals surface area contributed by atoms with Gasteiger partial charge >= 0.3 is 0 Å². The topological polar surface area (TPSA) is 99.5 Å². The van der Waals surface area contributed by atoms with Gasteiger partial charge in [-0.25, -0.2) is 4.39 Å². The molecule has 1 unspecified atom stereocenters. The maximum Gasteiger partial charge on any atom is 0.280 e. The summed E-state index contributed by atoms with van der Waals surface area (Å²) < 4.78 is 44.5. The molecule has 0 amide bonds. The van der Waals surface area contributed by atoms with Crippen LogP contribution in [0, 0.1) is 5.82 Å². The first-order chi connectivity index (χ1) is 15.1. The first-order valence-electron chi connectivity index (χ1n) is 9.88. The number of hydrogen-bond donors (Lipinski definition) is 3. The molecule has 32 heavy (non-hydrogen) atoms. The molecule has 1 aromatic heterocycles. The Morgan fingerprint density at radius 2 is 2.03 bits per heavy atom. The number of aromatic nitrogens is 2. The van der Waals surface area contributed by atoms with E-state index in [9.17, 15) is 17.9 Å². The highest BCUT2D eigenvalue weighted by Crippen LogP contribution is 2.32. The van der Waals surface area contributed by atoms with Crippen molar-refractivity contribution in [1.29, 1.82) is 0 Å². The van der Waals surface area contributed by atoms with Gasteiger partial charge in [-0.2, -0.15) is 22.5 Å². The average Bonchev–Trinajstić information content (AvgIpc) is 3.19. The highest BCUT2D eigenvalue weighted by atomic mass is 35.5. The lowest BCUT2D eigenvalue weighted by atomic mass is 9.96. The van der Waals surface area contributed by atoms with Crippen LogP contribution in [0.4, 0.5) is 10.1 Å². The number of aryl methyl sites for hydroxylation is 1. The fourth-order valence-corrected chi connectivity index (χ4v) is 5.27. The van der Waals surface area contributed by atoms with Crippen molar-refractivity contribution >= 4 is 27.5 Å². The Morgan fingerprint density at radius 1 is 1.25 bits per heavy atom. The molecule has 2 aromatic carbocycles. The predicted molar refractivity (Wildman–Crippen MR) is 121 cm³/mol. The number of likely N-dealkylation sites (N-methyl/N-ethyl adjacent to an activating group) is 1. The summed E-state index contributed by atoms with van der Waals surface area (Å²) in [6, 6.07) is 10.1. The number of hydrogen-bond acceptors (Lipinski definition) is 5. The van der Waals surface area contributed by atoms with Crippen LogP contribution < -0.4 is 10.0 Å². The highest BCUT2D eigenvalue weighted by molar-refractivity contribution is 7.87. The van der Waals surface area contributed by atoms with E-state index in [0.29, 0.717) is 12.1 Å². The quantitative estimate of drug-likeness (QED) is 0.489. The number of aliphatic hydroxyl groups is 1. The van der Waals surface area contributed by atoms with Crippen LogP contribution in [0.25, 0.3) is 11.1 Å². The summed E-state index contributed by atoms with van der Waals surface area (Å²) in [5.74, 6) is -0.582. The predicted octanol–water partition coefficient (Wildman–Crippen LogP) is 2.89. The maximum atomic E-state index is 13.4. The Labute approximate surface area is 190 Å². The van der Waals surface area contributed by atoms with E-state index >= 15 is 0 Å². The van der Waals surface area contributed by atoms with Gasteiger partial charge in [-0.1, -0.05) is 29.8 Å². The fraction of sp³-hybridized carbons (Fsp3) is 0.286. The van der Waals surface area contributed by atoms with Crippen LogP contribution in [0.5, 0.6) is 0 Å². The minimum atomic E-state index is -3.85. The summed E-state index contributed by atoms with van der Waals surface area (Å²) in [5, 5.41) is 17.7. The number of anilines is 1. The van der Waals surface area contributed by atoms with Crippen molar-refractivity contribution in [3.8, 4) is 11.1 Å². The van der Waals surface area contributed by atoms with Crippen molar-refractivity contribution in [3.63, 3.8) is 0 Å². The number of halogens is 2. The number of nitrogens with zero attached hydrogens (tertiary/aromatic N) is 3. The van der Waals surface area contributed by atoms with E-state index in [2.05, 4.69) is 15.1 Å². The third-order valence-corrected chi connectivity index (χ3v) is 7.44. The fourth-order valence-electron chi connectivity index (χ4n) is 3.77. The molecular weight excluding hydrogens is 457 g/mol. The lowest BCUT2D eigenvalue weighted by Gasteiger charge is -2.39. The molecule has 1 aliphatic rings. The van der Waals surface area contributed by atoms with E-state index in [1.165, 1.54) is 25.2 Å². The minimum Gasteiger partial charge on any atom is -0.372 e. The van der Waals surface area contributed by atoms with Crippen molar-refractivity contribution < 1.29 is 17.9 Å². The second kappa shape index (κ2) is 8.80. The van der Waals surface area contributed by atoms with Gasteiger partial charge in [0.2, 0.25) is 0 Å². The van der Waals surface area contributed by atoms with E-state index in [4.69, 9.17) is 11.6 Å². The monoisotopic (exact) mass is 479 g/mol. The van der Waals surface area contributed by atoms with Gasteiger partial charge in [0.05, 0.1) is 17.3 Å². The second-order valence-corrected chi connectivity index (χ2v) is 9.91. The summed E-state index contributed by atoms with van der Waals surface area (Å²) in [6.45, 7) is 0. The Kier molecular flexibility index (Phi) is 6.24. The molecule has 8 nitrogen and oxygen atoms in total. The van der Waals surface area contributed by atoms with E-state index in [1.807, 2.05) is 37.5 Å². The van der Waals surface area contributed by atoms with Crippen molar-refractivity contribution in [2.24, 2.45) is 7.05 Å². The zero-order valence-corrected chi connectivity index (χ0v) is 19.0. The lowest BCUT2D eigenvalue weighted by molar-refractivity contribution is 0.102. The molecule has 4 rings (SSSR count). The van der Waals surface area contributed by atoms with Gasteiger partial charge in [0, 0.05) is 37.6 Å². The third kappa shape index (κ3) is 4.64. The zero-order chi connectivity index (χ0) is 23.0. The molecule has 0 spiro atoms. The van der Waals surface area contributed by atoms with E-state index < -0.39 is 34.3 Å².